The number of fused-ring (bicyclic) bond motifs is 1. The van der Waals surface area contributed by atoms with Crippen molar-refractivity contribution in [1.82, 2.24) is 14.8 Å². The molecule has 2 aromatic carbocycles. The van der Waals surface area contributed by atoms with E-state index in [1.54, 1.807) is 18.2 Å². The number of thiazole rings is 1. The molecule has 2 N–H and O–H groups in total. The summed E-state index contributed by atoms with van der Waals surface area (Å²) in [7, 11) is 0. The number of nitrogens with zero attached hydrogens (tertiary/aromatic N) is 4. The van der Waals surface area contributed by atoms with E-state index in [9.17, 15) is 24.8 Å². The number of nitro groups is 1. The van der Waals surface area contributed by atoms with Crippen LogP contribution < -0.4 is 10.9 Å². The van der Waals surface area contributed by atoms with Crippen molar-refractivity contribution in [2.75, 3.05) is 5.32 Å². The Bertz CT molecular complexity index is 1380. The SMILES string of the molecule is Cc1cccc(-n2nc(C(=O)Nc3nc4ccc([N+](=O)[O-])cc4s3)c(O)cc2=O)c1. The van der Waals surface area contributed by atoms with Crippen LogP contribution in [-0.4, -0.2) is 30.7 Å². The summed E-state index contributed by atoms with van der Waals surface area (Å²) in [6.45, 7) is 1.85. The third-order valence-electron chi connectivity index (χ3n) is 4.18. The molecule has 0 aliphatic heterocycles. The van der Waals surface area contributed by atoms with Crippen LogP contribution in [0.5, 0.6) is 5.75 Å². The molecule has 11 heteroatoms. The van der Waals surface area contributed by atoms with Crippen molar-refractivity contribution < 1.29 is 14.8 Å². The second kappa shape index (κ2) is 7.37. The van der Waals surface area contributed by atoms with E-state index in [4.69, 9.17) is 0 Å². The molecule has 0 aliphatic rings. The van der Waals surface area contributed by atoms with Crippen molar-refractivity contribution in [2.45, 2.75) is 6.92 Å². The van der Waals surface area contributed by atoms with E-state index >= 15 is 0 Å². The molecule has 2 aromatic heterocycles. The molecule has 2 heterocycles. The maximum Gasteiger partial charge on any atom is 0.281 e. The van der Waals surface area contributed by atoms with Gasteiger partial charge in [0, 0.05) is 18.2 Å². The van der Waals surface area contributed by atoms with Gasteiger partial charge in [-0.25, -0.2) is 4.98 Å². The van der Waals surface area contributed by atoms with Crippen LogP contribution in [0.4, 0.5) is 10.8 Å². The minimum atomic E-state index is -0.776. The standard InChI is InChI=1S/C19H13N5O5S/c1-10-3-2-4-11(7-10)23-16(26)9-14(25)17(22-23)18(27)21-19-20-13-6-5-12(24(28)29)8-15(13)30-19/h2-9,25H,1H3,(H,20,21,27). The fourth-order valence-corrected chi connectivity index (χ4v) is 3.68. The topological polar surface area (TPSA) is 140 Å². The normalized spacial score (nSPS) is 10.8. The zero-order valence-electron chi connectivity index (χ0n) is 15.4. The number of non-ortho nitro benzene ring substituents is 1. The number of amides is 1. The number of nitro benzene ring substituents is 1. The lowest BCUT2D eigenvalue weighted by atomic mass is 10.2. The minimum Gasteiger partial charge on any atom is -0.505 e. The fraction of sp³-hybridized carbons (Fsp3) is 0.0526. The summed E-state index contributed by atoms with van der Waals surface area (Å²) < 4.78 is 1.53. The molecule has 0 radical (unpaired) electrons. The van der Waals surface area contributed by atoms with Crippen LogP contribution in [0.1, 0.15) is 16.1 Å². The van der Waals surface area contributed by atoms with Gasteiger partial charge < -0.3 is 5.11 Å². The number of carbonyl (C=O) groups is 1. The Morgan fingerprint density at radius 1 is 1.23 bits per heavy atom. The lowest BCUT2D eigenvalue weighted by Gasteiger charge is -2.09. The van der Waals surface area contributed by atoms with Crippen LogP contribution in [0.25, 0.3) is 15.9 Å². The number of benzene rings is 2. The molecular weight excluding hydrogens is 410 g/mol. The van der Waals surface area contributed by atoms with Crippen molar-refractivity contribution >= 4 is 38.3 Å². The van der Waals surface area contributed by atoms with E-state index in [0.29, 0.717) is 15.9 Å². The van der Waals surface area contributed by atoms with Gasteiger partial charge in [0.2, 0.25) is 0 Å². The molecule has 0 bridgehead atoms. The molecule has 0 spiro atoms. The summed E-state index contributed by atoms with van der Waals surface area (Å²) >= 11 is 1.04. The van der Waals surface area contributed by atoms with Crippen LogP contribution in [0, 0.1) is 17.0 Å². The largest absolute Gasteiger partial charge is 0.505 e. The van der Waals surface area contributed by atoms with E-state index < -0.39 is 22.1 Å². The molecule has 0 aliphatic carbocycles. The Balaban J connectivity index is 1.68. The summed E-state index contributed by atoms with van der Waals surface area (Å²) in [5, 5.41) is 27.7. The van der Waals surface area contributed by atoms with Crippen LogP contribution >= 0.6 is 11.3 Å². The van der Waals surface area contributed by atoms with Gasteiger partial charge in [0.05, 0.1) is 20.8 Å². The molecule has 10 nitrogen and oxygen atoms in total. The highest BCUT2D eigenvalue weighted by atomic mass is 32.1. The van der Waals surface area contributed by atoms with Gasteiger partial charge in [-0.15, -0.1) is 0 Å². The second-order valence-electron chi connectivity index (χ2n) is 6.35. The van der Waals surface area contributed by atoms with E-state index in [1.807, 2.05) is 13.0 Å². The van der Waals surface area contributed by atoms with Gasteiger partial charge in [-0.2, -0.15) is 9.78 Å². The van der Waals surface area contributed by atoms with Gasteiger partial charge in [-0.05, 0) is 30.7 Å². The molecule has 150 valence electrons. The zero-order chi connectivity index (χ0) is 21.4. The molecule has 0 saturated carbocycles. The van der Waals surface area contributed by atoms with Gasteiger partial charge in [-0.3, -0.25) is 25.0 Å². The number of hydrogen-bond acceptors (Lipinski definition) is 8. The molecule has 1 amide bonds. The average Bonchev–Trinajstić information content (AvgIpc) is 3.09. The quantitative estimate of drug-likeness (QED) is 0.380. The van der Waals surface area contributed by atoms with Crippen molar-refractivity contribution in [3.8, 4) is 11.4 Å². The third-order valence-corrected chi connectivity index (χ3v) is 5.11. The Morgan fingerprint density at radius 2 is 2.03 bits per heavy atom. The maximum absolute atomic E-state index is 12.7. The van der Waals surface area contributed by atoms with Gasteiger partial charge in [0.1, 0.15) is 0 Å². The number of aromatic hydroxyl groups is 1. The third kappa shape index (κ3) is 3.61. The first-order valence-electron chi connectivity index (χ1n) is 8.58. The first kappa shape index (κ1) is 19.2. The summed E-state index contributed by atoms with van der Waals surface area (Å²) in [5.41, 5.74) is 0.768. The smallest absolute Gasteiger partial charge is 0.281 e. The van der Waals surface area contributed by atoms with Crippen molar-refractivity contribution in [1.29, 1.82) is 0 Å². The van der Waals surface area contributed by atoms with Crippen LogP contribution in [0.15, 0.2) is 53.3 Å². The molecule has 4 aromatic rings. The van der Waals surface area contributed by atoms with E-state index in [2.05, 4.69) is 15.4 Å². The lowest BCUT2D eigenvalue weighted by molar-refractivity contribution is -0.384. The minimum absolute atomic E-state index is 0.0893. The number of aryl methyl sites for hydroxylation is 1. The number of anilines is 1. The Labute approximate surface area is 172 Å². The van der Waals surface area contributed by atoms with Crippen LogP contribution in [-0.2, 0) is 0 Å². The van der Waals surface area contributed by atoms with E-state index in [0.717, 1.165) is 27.6 Å². The highest BCUT2D eigenvalue weighted by Gasteiger charge is 2.19. The Hall–Kier alpha value is -4.12. The number of rotatable bonds is 4. The fourth-order valence-electron chi connectivity index (χ4n) is 2.79. The highest BCUT2D eigenvalue weighted by molar-refractivity contribution is 7.22. The Kier molecular flexibility index (Phi) is 4.72. The summed E-state index contributed by atoms with van der Waals surface area (Å²) in [5.74, 6) is -1.35. The molecule has 0 unspecified atom stereocenters. The monoisotopic (exact) mass is 423 g/mol. The maximum atomic E-state index is 12.7. The van der Waals surface area contributed by atoms with Crippen LogP contribution in [0.2, 0.25) is 0 Å². The first-order valence-corrected chi connectivity index (χ1v) is 9.40. The van der Waals surface area contributed by atoms with Gasteiger partial charge in [-0.1, -0.05) is 23.5 Å². The van der Waals surface area contributed by atoms with Gasteiger partial charge in [0.15, 0.2) is 16.6 Å². The summed E-state index contributed by atoms with van der Waals surface area (Å²) in [4.78, 5) is 39.5. The molecule has 30 heavy (non-hydrogen) atoms. The zero-order valence-corrected chi connectivity index (χ0v) is 16.2. The van der Waals surface area contributed by atoms with E-state index in [-0.39, 0.29) is 16.5 Å². The molecular formula is C19H13N5O5S. The second-order valence-corrected chi connectivity index (χ2v) is 7.38. The molecule has 0 saturated heterocycles. The Morgan fingerprint density at radius 3 is 2.77 bits per heavy atom. The van der Waals surface area contributed by atoms with Crippen molar-refractivity contribution in [3.63, 3.8) is 0 Å². The van der Waals surface area contributed by atoms with Crippen molar-refractivity contribution in [3.05, 3.63) is 80.3 Å². The summed E-state index contributed by atoms with van der Waals surface area (Å²) in [6.07, 6.45) is 0. The first-order chi connectivity index (χ1) is 14.3. The number of aromatic nitrogens is 3. The number of hydrogen-bond donors (Lipinski definition) is 2. The predicted octanol–water partition coefficient (Wildman–Crippen LogP) is 3.02. The predicted molar refractivity (Wildman–Crippen MR) is 110 cm³/mol. The average molecular weight is 423 g/mol. The highest BCUT2D eigenvalue weighted by Crippen LogP contribution is 2.29. The van der Waals surface area contributed by atoms with Crippen molar-refractivity contribution in [2.24, 2.45) is 0 Å². The number of carbonyl (C=O) groups excluding carboxylic acids is 1. The van der Waals surface area contributed by atoms with Gasteiger partial charge in [0.25, 0.3) is 17.2 Å². The van der Waals surface area contributed by atoms with Gasteiger partial charge >= 0.3 is 0 Å². The van der Waals surface area contributed by atoms with E-state index in [1.165, 1.54) is 18.2 Å². The number of nitrogens with one attached hydrogen (secondary N) is 1. The van der Waals surface area contributed by atoms with Crippen LogP contribution in [0.3, 0.4) is 0 Å². The molecule has 0 atom stereocenters. The summed E-state index contributed by atoms with van der Waals surface area (Å²) in [6, 6.07) is 12.0. The molecule has 4 rings (SSSR count). The lowest BCUT2D eigenvalue weighted by Crippen LogP contribution is -2.25. The molecule has 0 fully saturated rings.